The van der Waals surface area contributed by atoms with Gasteiger partial charge in [-0.15, -0.1) is 11.3 Å². The van der Waals surface area contributed by atoms with E-state index in [0.29, 0.717) is 5.56 Å². The van der Waals surface area contributed by atoms with Crippen LogP contribution in [0.25, 0.3) is 0 Å². The fraction of sp³-hybridized carbons (Fsp3) is 0.346. The van der Waals surface area contributed by atoms with Crippen LogP contribution < -0.4 is 10.1 Å². The van der Waals surface area contributed by atoms with E-state index in [1.807, 2.05) is 42.5 Å². The molecular weight excluding hydrogens is 404 g/mol. The molecule has 1 saturated heterocycles. The Balaban J connectivity index is 1.77. The number of piperidine rings is 1. The number of hydrogen-bond donors (Lipinski definition) is 1. The van der Waals surface area contributed by atoms with Gasteiger partial charge in [0.25, 0.3) is 5.91 Å². The summed E-state index contributed by atoms with van der Waals surface area (Å²) in [6.45, 7) is 4.26. The van der Waals surface area contributed by atoms with Crippen molar-refractivity contribution in [2.45, 2.75) is 38.6 Å². The Kier molecular flexibility index (Phi) is 7.05. The summed E-state index contributed by atoms with van der Waals surface area (Å²) in [5.74, 6) is 0.825. The van der Waals surface area contributed by atoms with E-state index in [0.717, 1.165) is 41.4 Å². The van der Waals surface area contributed by atoms with Gasteiger partial charge in [0.1, 0.15) is 10.8 Å². The smallest absolute Gasteiger partial charge is 0.256 e. The maximum atomic E-state index is 13.0. The summed E-state index contributed by atoms with van der Waals surface area (Å²) in [6.07, 6.45) is 4.61. The number of thiophene rings is 1. The van der Waals surface area contributed by atoms with E-state index >= 15 is 0 Å². The predicted molar refractivity (Wildman–Crippen MR) is 128 cm³/mol. The molecule has 1 atom stereocenters. The number of rotatable bonds is 7. The zero-order chi connectivity index (χ0) is 21.6. The van der Waals surface area contributed by atoms with Crippen molar-refractivity contribution in [3.63, 3.8) is 0 Å². The molecule has 0 saturated carbocycles. The monoisotopic (exact) mass is 434 g/mol. The van der Waals surface area contributed by atoms with Gasteiger partial charge in [-0.25, -0.2) is 0 Å². The van der Waals surface area contributed by atoms with E-state index in [9.17, 15) is 4.79 Å². The standard InChI is InChI=1S/C26H30N2O2S/c1-3-20-18-22(26(31-20)27-25(29)19-12-6-4-7-13-19)24(28-16-10-5-11-17-28)21-14-8-9-15-23(21)30-2/h4,6-9,12-15,18,24H,3,5,10-11,16-17H2,1-2H3,(H,27,29)/t24-/m1/s1. The van der Waals surface area contributed by atoms with Gasteiger partial charge >= 0.3 is 0 Å². The Labute approximate surface area is 188 Å². The van der Waals surface area contributed by atoms with Crippen LogP contribution in [-0.2, 0) is 6.42 Å². The highest BCUT2D eigenvalue weighted by Crippen LogP contribution is 2.43. The maximum absolute atomic E-state index is 13.0. The molecule has 1 N–H and O–H groups in total. The average Bonchev–Trinajstić information content (AvgIpc) is 3.23. The number of aryl methyl sites for hydroxylation is 1. The number of carbonyl (C=O) groups is 1. The van der Waals surface area contributed by atoms with Gasteiger partial charge in [-0.3, -0.25) is 9.69 Å². The fourth-order valence-electron chi connectivity index (χ4n) is 4.33. The van der Waals surface area contributed by atoms with Crippen molar-refractivity contribution in [3.05, 3.63) is 82.2 Å². The zero-order valence-electron chi connectivity index (χ0n) is 18.3. The van der Waals surface area contributed by atoms with Gasteiger partial charge in [-0.05, 0) is 56.6 Å². The van der Waals surface area contributed by atoms with Crippen molar-refractivity contribution in [1.82, 2.24) is 4.90 Å². The molecule has 2 aromatic carbocycles. The van der Waals surface area contributed by atoms with Crippen LogP contribution in [-0.4, -0.2) is 31.0 Å². The van der Waals surface area contributed by atoms with Gasteiger partial charge < -0.3 is 10.1 Å². The Morgan fingerprint density at radius 2 is 1.74 bits per heavy atom. The fourth-order valence-corrected chi connectivity index (χ4v) is 5.35. The molecule has 1 aliphatic rings. The topological polar surface area (TPSA) is 41.6 Å². The first-order valence-electron chi connectivity index (χ1n) is 11.1. The highest BCUT2D eigenvalue weighted by molar-refractivity contribution is 7.16. The number of hydrogen-bond acceptors (Lipinski definition) is 4. The first-order valence-corrected chi connectivity index (χ1v) is 11.9. The largest absolute Gasteiger partial charge is 0.496 e. The van der Waals surface area contributed by atoms with Crippen molar-refractivity contribution in [3.8, 4) is 5.75 Å². The third-order valence-corrected chi connectivity index (χ3v) is 7.12. The summed E-state index contributed by atoms with van der Waals surface area (Å²) >= 11 is 1.68. The lowest BCUT2D eigenvalue weighted by atomic mass is 9.95. The van der Waals surface area contributed by atoms with Crippen LogP contribution in [0.15, 0.2) is 60.7 Å². The number of benzene rings is 2. The predicted octanol–water partition coefficient (Wildman–Crippen LogP) is 6.15. The minimum atomic E-state index is -0.0660. The molecule has 4 nitrogen and oxygen atoms in total. The molecule has 1 amide bonds. The molecule has 1 aromatic heterocycles. The van der Waals surface area contributed by atoms with Crippen LogP contribution in [0, 0.1) is 0 Å². The molecule has 0 bridgehead atoms. The average molecular weight is 435 g/mol. The molecule has 3 aromatic rings. The van der Waals surface area contributed by atoms with Crippen molar-refractivity contribution < 1.29 is 9.53 Å². The summed E-state index contributed by atoms with van der Waals surface area (Å²) in [5, 5.41) is 4.16. The van der Waals surface area contributed by atoms with Gasteiger partial charge in [0.2, 0.25) is 0 Å². The van der Waals surface area contributed by atoms with E-state index < -0.39 is 0 Å². The Hall–Kier alpha value is -2.63. The third kappa shape index (κ3) is 4.83. The van der Waals surface area contributed by atoms with Gasteiger partial charge in [0.15, 0.2) is 0 Å². The molecule has 4 rings (SSSR count). The highest BCUT2D eigenvalue weighted by atomic mass is 32.1. The number of anilines is 1. The van der Waals surface area contributed by atoms with Crippen molar-refractivity contribution in [1.29, 1.82) is 0 Å². The lowest BCUT2D eigenvalue weighted by Gasteiger charge is -2.35. The zero-order valence-corrected chi connectivity index (χ0v) is 19.1. The molecule has 162 valence electrons. The summed E-state index contributed by atoms with van der Waals surface area (Å²) in [5.41, 5.74) is 2.99. The van der Waals surface area contributed by atoms with E-state index in [1.54, 1.807) is 18.4 Å². The second-order valence-electron chi connectivity index (χ2n) is 7.91. The lowest BCUT2D eigenvalue weighted by Crippen LogP contribution is -2.34. The molecule has 0 radical (unpaired) electrons. The van der Waals surface area contributed by atoms with Crippen molar-refractivity contribution in [2.75, 3.05) is 25.5 Å². The Morgan fingerprint density at radius 1 is 1.03 bits per heavy atom. The van der Waals surface area contributed by atoms with E-state index in [1.165, 1.54) is 24.1 Å². The first kappa shape index (κ1) is 21.6. The Bertz CT molecular complexity index is 1010. The van der Waals surface area contributed by atoms with Gasteiger partial charge in [0, 0.05) is 21.6 Å². The number of ether oxygens (including phenoxy) is 1. The SMILES string of the molecule is CCc1cc([C@@H](c2ccccc2OC)N2CCCCC2)c(NC(=O)c2ccccc2)s1. The van der Waals surface area contributed by atoms with Crippen molar-refractivity contribution in [2.24, 2.45) is 0 Å². The first-order chi connectivity index (χ1) is 15.2. The minimum Gasteiger partial charge on any atom is -0.496 e. The molecule has 31 heavy (non-hydrogen) atoms. The molecule has 1 fully saturated rings. The number of methoxy groups -OCH3 is 1. The number of amides is 1. The second-order valence-corrected chi connectivity index (χ2v) is 9.05. The number of nitrogens with zero attached hydrogens (tertiary/aromatic N) is 1. The maximum Gasteiger partial charge on any atom is 0.256 e. The number of carbonyl (C=O) groups excluding carboxylic acids is 1. The third-order valence-electron chi connectivity index (χ3n) is 5.91. The van der Waals surface area contributed by atoms with E-state index in [4.69, 9.17) is 4.74 Å². The van der Waals surface area contributed by atoms with Crippen LogP contribution in [0.2, 0.25) is 0 Å². The molecular formula is C26H30N2O2S. The normalized spacial score (nSPS) is 15.4. The molecule has 2 heterocycles. The Morgan fingerprint density at radius 3 is 2.45 bits per heavy atom. The van der Waals surface area contributed by atoms with E-state index in [-0.39, 0.29) is 11.9 Å². The van der Waals surface area contributed by atoms with Crippen LogP contribution in [0.1, 0.15) is 58.6 Å². The van der Waals surface area contributed by atoms with Crippen LogP contribution >= 0.6 is 11.3 Å². The van der Waals surface area contributed by atoms with Crippen LogP contribution in [0.4, 0.5) is 5.00 Å². The van der Waals surface area contributed by atoms with Gasteiger partial charge in [-0.1, -0.05) is 49.7 Å². The lowest BCUT2D eigenvalue weighted by molar-refractivity contribution is 0.102. The van der Waals surface area contributed by atoms with Gasteiger partial charge in [-0.2, -0.15) is 0 Å². The highest BCUT2D eigenvalue weighted by Gasteiger charge is 2.30. The van der Waals surface area contributed by atoms with Crippen LogP contribution in [0.3, 0.4) is 0 Å². The van der Waals surface area contributed by atoms with Crippen LogP contribution in [0.5, 0.6) is 5.75 Å². The van der Waals surface area contributed by atoms with Gasteiger partial charge in [0.05, 0.1) is 13.2 Å². The van der Waals surface area contributed by atoms with E-state index in [2.05, 4.69) is 35.3 Å². The minimum absolute atomic E-state index is 0.0547. The molecule has 0 spiro atoms. The second kappa shape index (κ2) is 10.1. The molecule has 0 unspecified atom stereocenters. The number of nitrogens with one attached hydrogen (secondary N) is 1. The quantitative estimate of drug-likeness (QED) is 0.485. The summed E-state index contributed by atoms with van der Waals surface area (Å²) in [6, 6.07) is 20.0. The molecule has 5 heteroatoms. The number of para-hydroxylation sites is 1. The summed E-state index contributed by atoms with van der Waals surface area (Å²) in [7, 11) is 1.73. The number of likely N-dealkylation sites (tertiary alicyclic amines) is 1. The summed E-state index contributed by atoms with van der Waals surface area (Å²) in [4.78, 5) is 16.8. The molecule has 0 aliphatic carbocycles. The summed E-state index contributed by atoms with van der Waals surface area (Å²) < 4.78 is 5.75. The van der Waals surface area contributed by atoms with Crippen molar-refractivity contribution >= 4 is 22.2 Å². The molecule has 1 aliphatic heterocycles.